The van der Waals surface area contributed by atoms with Crippen LogP contribution in [0.1, 0.15) is 16.7 Å². The van der Waals surface area contributed by atoms with Crippen molar-refractivity contribution in [2.24, 2.45) is 0 Å². The zero-order valence-corrected chi connectivity index (χ0v) is 8.13. The van der Waals surface area contributed by atoms with Gasteiger partial charge in [0.15, 0.2) is 0 Å². The van der Waals surface area contributed by atoms with E-state index < -0.39 is 41.3 Å². The molecule has 1 aromatic rings. The molecule has 0 saturated carbocycles. The summed E-state index contributed by atoms with van der Waals surface area (Å²) in [7, 11) is 0. The normalized spacial score (nSPS) is 13.8. The molecule has 0 nitrogen and oxygen atoms in total. The first kappa shape index (κ1) is 14.7. The molecule has 0 amide bonds. The van der Waals surface area contributed by atoms with E-state index in [2.05, 4.69) is 0 Å². The number of hydrogen-bond acceptors (Lipinski definition) is 0. The molecule has 0 radical (unpaired) electrons. The first-order valence-corrected chi connectivity index (χ1v) is 4.19. The molecule has 0 saturated heterocycles. The maximum absolute atomic E-state index is 12.3. The van der Waals surface area contributed by atoms with Gasteiger partial charge in [-0.25, -0.2) is 0 Å². The average molecular weight is 282 g/mol. The van der Waals surface area contributed by atoms with Crippen molar-refractivity contribution in [3.8, 4) is 0 Å². The highest BCUT2D eigenvalue weighted by molar-refractivity contribution is 5.37. The second-order valence-corrected chi connectivity index (χ2v) is 3.25. The summed E-state index contributed by atoms with van der Waals surface area (Å²) in [5, 5.41) is 0. The molecule has 0 heterocycles. The van der Waals surface area contributed by atoms with Crippen LogP contribution in [0.3, 0.4) is 0 Å². The van der Waals surface area contributed by atoms with Gasteiger partial charge in [-0.2, -0.15) is 39.5 Å². The summed E-state index contributed by atoms with van der Waals surface area (Å²) in [4.78, 5) is 0. The molecule has 1 aromatic carbocycles. The van der Waals surface area contributed by atoms with Gasteiger partial charge in [-0.15, -0.1) is 0 Å². The molecule has 1 rings (SSSR count). The fraction of sp³-hybridized carbons (Fsp3) is 0.333. The number of alkyl halides is 9. The van der Waals surface area contributed by atoms with Crippen LogP contribution in [-0.4, -0.2) is 0 Å². The summed E-state index contributed by atoms with van der Waals surface area (Å²) >= 11 is 0. The number of rotatable bonds is 0. The molecule has 0 aliphatic carbocycles. The summed E-state index contributed by atoms with van der Waals surface area (Å²) in [5.41, 5.74) is -6.30. The maximum atomic E-state index is 12.3. The van der Waals surface area contributed by atoms with Crippen LogP contribution in [0.4, 0.5) is 39.5 Å². The first-order valence-electron chi connectivity index (χ1n) is 4.19. The highest BCUT2D eigenvalue weighted by atomic mass is 19.4. The lowest BCUT2D eigenvalue weighted by Gasteiger charge is -2.17. The third-order valence-electron chi connectivity index (χ3n) is 1.96. The smallest absolute Gasteiger partial charge is 0.166 e. The SMILES string of the molecule is FC(F)(F)c1ccc(C(F)(F)F)c(C(F)(F)F)c1. The van der Waals surface area contributed by atoms with Crippen LogP contribution < -0.4 is 0 Å². The van der Waals surface area contributed by atoms with E-state index in [-0.39, 0.29) is 12.1 Å². The molecule has 0 unspecified atom stereocenters. The minimum Gasteiger partial charge on any atom is -0.166 e. The molecule has 0 fully saturated rings. The highest BCUT2D eigenvalue weighted by Crippen LogP contribution is 2.42. The van der Waals surface area contributed by atoms with Crippen LogP contribution in [0.25, 0.3) is 0 Å². The van der Waals surface area contributed by atoms with E-state index in [1.165, 1.54) is 0 Å². The minimum absolute atomic E-state index is 0.0436. The van der Waals surface area contributed by atoms with Crippen molar-refractivity contribution in [1.29, 1.82) is 0 Å². The molecule has 0 bridgehead atoms. The van der Waals surface area contributed by atoms with Gasteiger partial charge in [0.2, 0.25) is 0 Å². The van der Waals surface area contributed by atoms with Crippen LogP contribution in [-0.2, 0) is 18.5 Å². The van der Waals surface area contributed by atoms with Gasteiger partial charge in [0, 0.05) is 0 Å². The number of halogens is 9. The van der Waals surface area contributed by atoms with Gasteiger partial charge < -0.3 is 0 Å². The molecular formula is C9H3F9. The van der Waals surface area contributed by atoms with Gasteiger partial charge in [-0.3, -0.25) is 0 Å². The average Bonchev–Trinajstić information content (AvgIpc) is 2.12. The third kappa shape index (κ3) is 3.08. The lowest BCUT2D eigenvalue weighted by Crippen LogP contribution is -2.18. The Bertz CT molecular complexity index is 435. The minimum atomic E-state index is -5.52. The maximum Gasteiger partial charge on any atom is 0.417 e. The van der Waals surface area contributed by atoms with Crippen molar-refractivity contribution in [3.05, 3.63) is 34.9 Å². The molecule has 18 heavy (non-hydrogen) atoms. The second kappa shape index (κ2) is 4.06. The van der Waals surface area contributed by atoms with Gasteiger partial charge in [0.25, 0.3) is 0 Å². The Labute approximate surface area is 94.0 Å². The van der Waals surface area contributed by atoms with E-state index in [1.54, 1.807) is 0 Å². The molecular weight excluding hydrogens is 279 g/mol. The summed E-state index contributed by atoms with van der Waals surface area (Å²) in [6.07, 6.45) is -16.1. The Morgan fingerprint density at radius 2 is 1.00 bits per heavy atom. The van der Waals surface area contributed by atoms with E-state index in [1.807, 2.05) is 0 Å². The third-order valence-corrected chi connectivity index (χ3v) is 1.96. The zero-order valence-electron chi connectivity index (χ0n) is 8.13. The van der Waals surface area contributed by atoms with Crippen LogP contribution >= 0.6 is 0 Å². The van der Waals surface area contributed by atoms with Gasteiger partial charge in [0.05, 0.1) is 16.7 Å². The summed E-state index contributed by atoms with van der Waals surface area (Å²) in [6, 6.07) is -0.827. The topological polar surface area (TPSA) is 0 Å². The number of benzene rings is 1. The van der Waals surface area contributed by atoms with Crippen molar-refractivity contribution < 1.29 is 39.5 Å². The van der Waals surface area contributed by atoms with E-state index in [0.29, 0.717) is 0 Å². The fourth-order valence-electron chi connectivity index (χ4n) is 1.20. The zero-order chi connectivity index (χ0) is 14.4. The fourth-order valence-corrected chi connectivity index (χ4v) is 1.20. The Kier molecular flexibility index (Phi) is 3.30. The van der Waals surface area contributed by atoms with Crippen molar-refractivity contribution in [1.82, 2.24) is 0 Å². The van der Waals surface area contributed by atoms with Gasteiger partial charge in [-0.1, -0.05) is 0 Å². The van der Waals surface area contributed by atoms with Gasteiger partial charge in [0.1, 0.15) is 0 Å². The Morgan fingerprint density at radius 1 is 0.556 bits per heavy atom. The van der Waals surface area contributed by atoms with Crippen LogP contribution in [0.5, 0.6) is 0 Å². The lowest BCUT2D eigenvalue weighted by molar-refractivity contribution is -0.163. The number of hydrogen-bond donors (Lipinski definition) is 0. The largest absolute Gasteiger partial charge is 0.417 e. The Hall–Kier alpha value is -1.41. The monoisotopic (exact) mass is 282 g/mol. The molecule has 0 aliphatic rings. The molecule has 0 N–H and O–H groups in total. The predicted octanol–water partition coefficient (Wildman–Crippen LogP) is 4.74. The Morgan fingerprint density at radius 3 is 1.33 bits per heavy atom. The molecule has 0 atom stereocenters. The second-order valence-electron chi connectivity index (χ2n) is 3.25. The molecule has 0 aromatic heterocycles. The molecule has 9 heteroatoms. The van der Waals surface area contributed by atoms with Crippen molar-refractivity contribution in [3.63, 3.8) is 0 Å². The van der Waals surface area contributed by atoms with Crippen LogP contribution in [0, 0.1) is 0 Å². The molecule has 102 valence electrons. The quantitative estimate of drug-likeness (QED) is 0.603. The molecule has 0 aliphatic heterocycles. The van der Waals surface area contributed by atoms with Crippen LogP contribution in [0.15, 0.2) is 18.2 Å². The summed E-state index contributed by atoms with van der Waals surface area (Å²) < 4.78 is 110. The standard InChI is InChI=1S/C9H3F9/c10-7(11,12)4-1-2-5(8(13,14)15)6(3-4)9(16,17)18/h1-3H. The van der Waals surface area contributed by atoms with Gasteiger partial charge in [-0.05, 0) is 18.2 Å². The molecule has 0 spiro atoms. The van der Waals surface area contributed by atoms with E-state index in [0.717, 1.165) is 0 Å². The van der Waals surface area contributed by atoms with Crippen molar-refractivity contribution in [2.45, 2.75) is 18.5 Å². The first-order chi connectivity index (χ1) is 7.83. The Balaban J connectivity index is 3.50. The highest BCUT2D eigenvalue weighted by Gasteiger charge is 2.44. The summed E-state index contributed by atoms with van der Waals surface area (Å²) in [5.74, 6) is 0. The van der Waals surface area contributed by atoms with E-state index in [4.69, 9.17) is 0 Å². The van der Waals surface area contributed by atoms with Crippen LogP contribution in [0.2, 0.25) is 0 Å². The van der Waals surface area contributed by atoms with E-state index in [9.17, 15) is 39.5 Å². The predicted molar refractivity (Wildman–Crippen MR) is 41.4 cm³/mol. The van der Waals surface area contributed by atoms with Gasteiger partial charge >= 0.3 is 18.5 Å². The van der Waals surface area contributed by atoms with Crippen molar-refractivity contribution in [2.75, 3.05) is 0 Å². The van der Waals surface area contributed by atoms with E-state index >= 15 is 0 Å². The summed E-state index contributed by atoms with van der Waals surface area (Å²) in [6.45, 7) is 0. The van der Waals surface area contributed by atoms with Crippen molar-refractivity contribution >= 4 is 0 Å². The lowest BCUT2D eigenvalue weighted by atomic mass is 10.0.